The average molecular weight is 247 g/mol. The molecule has 100 valence electrons. The molecule has 18 heavy (non-hydrogen) atoms. The Morgan fingerprint density at radius 3 is 2.78 bits per heavy atom. The van der Waals surface area contributed by atoms with Crippen molar-refractivity contribution in [3.63, 3.8) is 0 Å². The lowest BCUT2D eigenvalue weighted by molar-refractivity contribution is 0.176. The molecule has 3 atom stereocenters. The van der Waals surface area contributed by atoms with E-state index in [9.17, 15) is 0 Å². The third-order valence-corrected chi connectivity index (χ3v) is 4.39. The van der Waals surface area contributed by atoms with Crippen LogP contribution < -0.4 is 11.3 Å². The molecule has 2 rings (SSSR count). The van der Waals surface area contributed by atoms with E-state index in [0.29, 0.717) is 5.92 Å². The maximum Gasteiger partial charge on any atom is 0.0506 e. The maximum atomic E-state index is 5.81. The molecule has 0 saturated heterocycles. The standard InChI is InChI=1S/C15H25N3/c1-3-12-6-4-5-7-14(12)15(18-16)13-9-8-11(2)17-10-13/h8-10,12,14-15,18H,3-7,16H2,1-2H3. The Hall–Kier alpha value is -0.930. The Morgan fingerprint density at radius 1 is 1.39 bits per heavy atom. The van der Waals surface area contributed by atoms with Crippen molar-refractivity contribution in [2.45, 2.75) is 52.0 Å². The van der Waals surface area contributed by atoms with E-state index in [4.69, 9.17) is 5.84 Å². The molecule has 0 aromatic carbocycles. The minimum Gasteiger partial charge on any atom is -0.271 e. The third-order valence-electron chi connectivity index (χ3n) is 4.39. The molecule has 3 nitrogen and oxygen atoms in total. The number of hydrogen-bond acceptors (Lipinski definition) is 3. The van der Waals surface area contributed by atoms with Crippen LogP contribution in [0.4, 0.5) is 0 Å². The summed E-state index contributed by atoms with van der Waals surface area (Å²) in [5, 5.41) is 0. The average Bonchev–Trinajstić information content (AvgIpc) is 2.42. The van der Waals surface area contributed by atoms with Crippen molar-refractivity contribution >= 4 is 0 Å². The van der Waals surface area contributed by atoms with Crippen molar-refractivity contribution in [2.75, 3.05) is 0 Å². The first-order valence-corrected chi connectivity index (χ1v) is 7.15. The Bertz CT molecular complexity index is 361. The SMILES string of the molecule is CCC1CCCCC1C(NN)c1ccc(C)nc1. The molecule has 1 aliphatic rings. The number of nitrogens with two attached hydrogens (primary N) is 1. The van der Waals surface area contributed by atoms with Gasteiger partial charge in [0.25, 0.3) is 0 Å². The zero-order chi connectivity index (χ0) is 13.0. The molecule has 3 N–H and O–H groups in total. The number of hydrogen-bond donors (Lipinski definition) is 2. The minimum absolute atomic E-state index is 0.253. The van der Waals surface area contributed by atoms with Crippen LogP contribution in [0.15, 0.2) is 18.3 Å². The van der Waals surface area contributed by atoms with Gasteiger partial charge in [0.15, 0.2) is 0 Å². The van der Waals surface area contributed by atoms with Gasteiger partial charge in [0.1, 0.15) is 0 Å². The van der Waals surface area contributed by atoms with E-state index < -0.39 is 0 Å². The lowest BCUT2D eigenvalue weighted by Gasteiger charge is -2.36. The van der Waals surface area contributed by atoms with Crippen molar-refractivity contribution in [1.29, 1.82) is 0 Å². The van der Waals surface area contributed by atoms with Crippen LogP contribution in [0.25, 0.3) is 0 Å². The normalized spacial score (nSPS) is 25.9. The molecule has 1 fully saturated rings. The summed E-state index contributed by atoms with van der Waals surface area (Å²) < 4.78 is 0. The van der Waals surface area contributed by atoms with Crippen molar-refractivity contribution in [3.05, 3.63) is 29.6 Å². The van der Waals surface area contributed by atoms with Gasteiger partial charge in [0.2, 0.25) is 0 Å². The Kier molecular flexibility index (Phi) is 4.72. The number of nitrogens with one attached hydrogen (secondary N) is 1. The fraction of sp³-hybridized carbons (Fsp3) is 0.667. The van der Waals surface area contributed by atoms with Crippen LogP contribution in [0.1, 0.15) is 56.3 Å². The van der Waals surface area contributed by atoms with E-state index in [1.54, 1.807) is 0 Å². The topological polar surface area (TPSA) is 50.9 Å². The fourth-order valence-electron chi connectivity index (χ4n) is 3.31. The number of rotatable bonds is 4. The predicted octanol–water partition coefficient (Wildman–Crippen LogP) is 3.11. The van der Waals surface area contributed by atoms with Crippen LogP contribution in [0.3, 0.4) is 0 Å². The maximum absolute atomic E-state index is 5.81. The summed E-state index contributed by atoms with van der Waals surface area (Å²) in [5.74, 6) is 7.26. The summed E-state index contributed by atoms with van der Waals surface area (Å²) in [4.78, 5) is 4.40. The van der Waals surface area contributed by atoms with Crippen LogP contribution in [-0.2, 0) is 0 Å². The van der Waals surface area contributed by atoms with Gasteiger partial charge in [-0.2, -0.15) is 0 Å². The molecule has 0 radical (unpaired) electrons. The highest BCUT2D eigenvalue weighted by Crippen LogP contribution is 2.39. The molecular weight excluding hydrogens is 222 g/mol. The Balaban J connectivity index is 2.18. The molecule has 0 aliphatic heterocycles. The summed E-state index contributed by atoms with van der Waals surface area (Å²) in [5.41, 5.74) is 5.32. The number of aryl methyl sites for hydroxylation is 1. The van der Waals surface area contributed by atoms with Crippen LogP contribution in [-0.4, -0.2) is 4.98 Å². The molecule has 1 aromatic rings. The van der Waals surface area contributed by atoms with Gasteiger partial charge < -0.3 is 0 Å². The smallest absolute Gasteiger partial charge is 0.0506 e. The van der Waals surface area contributed by atoms with Crippen LogP contribution in [0.5, 0.6) is 0 Å². The van der Waals surface area contributed by atoms with E-state index in [-0.39, 0.29) is 6.04 Å². The lowest BCUT2D eigenvalue weighted by Crippen LogP contribution is -2.38. The first kappa shape index (κ1) is 13.5. The van der Waals surface area contributed by atoms with E-state index in [2.05, 4.69) is 29.5 Å². The second-order valence-corrected chi connectivity index (χ2v) is 5.49. The van der Waals surface area contributed by atoms with E-state index in [1.165, 1.54) is 37.7 Å². The number of aromatic nitrogens is 1. The molecule has 0 spiro atoms. The number of pyridine rings is 1. The summed E-state index contributed by atoms with van der Waals surface area (Å²) in [6.45, 7) is 4.31. The zero-order valence-corrected chi connectivity index (χ0v) is 11.5. The molecule has 1 heterocycles. The van der Waals surface area contributed by atoms with E-state index >= 15 is 0 Å². The predicted molar refractivity (Wildman–Crippen MR) is 74.8 cm³/mol. The largest absolute Gasteiger partial charge is 0.271 e. The Labute approximate surface area is 110 Å². The summed E-state index contributed by atoms with van der Waals surface area (Å²) in [6, 6.07) is 4.49. The molecule has 3 heteroatoms. The minimum atomic E-state index is 0.253. The molecule has 1 saturated carbocycles. The van der Waals surface area contributed by atoms with Gasteiger partial charge in [-0.15, -0.1) is 0 Å². The van der Waals surface area contributed by atoms with Gasteiger partial charge in [-0.25, -0.2) is 0 Å². The van der Waals surface area contributed by atoms with Crippen molar-refractivity contribution in [2.24, 2.45) is 17.7 Å². The third kappa shape index (κ3) is 2.90. The molecule has 3 unspecified atom stereocenters. The highest BCUT2D eigenvalue weighted by atomic mass is 15.2. The summed E-state index contributed by atoms with van der Waals surface area (Å²) >= 11 is 0. The van der Waals surface area contributed by atoms with Gasteiger partial charge in [-0.3, -0.25) is 16.3 Å². The monoisotopic (exact) mass is 247 g/mol. The summed E-state index contributed by atoms with van der Waals surface area (Å²) in [6.07, 6.45) is 8.56. The van der Waals surface area contributed by atoms with Gasteiger partial charge >= 0.3 is 0 Å². The number of hydrazine groups is 1. The van der Waals surface area contributed by atoms with Gasteiger partial charge in [0.05, 0.1) is 6.04 Å². The van der Waals surface area contributed by atoms with Gasteiger partial charge in [-0.05, 0) is 36.8 Å². The molecule has 1 aliphatic carbocycles. The second kappa shape index (κ2) is 6.30. The highest BCUT2D eigenvalue weighted by molar-refractivity contribution is 5.18. The van der Waals surface area contributed by atoms with Gasteiger partial charge in [-0.1, -0.05) is 38.7 Å². The second-order valence-electron chi connectivity index (χ2n) is 5.49. The number of nitrogens with zero attached hydrogens (tertiary/aromatic N) is 1. The fourth-order valence-corrected chi connectivity index (χ4v) is 3.31. The van der Waals surface area contributed by atoms with Crippen molar-refractivity contribution < 1.29 is 0 Å². The van der Waals surface area contributed by atoms with E-state index in [1.807, 2.05) is 13.1 Å². The molecule has 0 amide bonds. The van der Waals surface area contributed by atoms with Crippen LogP contribution >= 0.6 is 0 Å². The zero-order valence-electron chi connectivity index (χ0n) is 11.5. The van der Waals surface area contributed by atoms with Crippen LogP contribution in [0.2, 0.25) is 0 Å². The van der Waals surface area contributed by atoms with Crippen molar-refractivity contribution in [3.8, 4) is 0 Å². The quantitative estimate of drug-likeness (QED) is 0.635. The Morgan fingerprint density at radius 2 is 2.17 bits per heavy atom. The van der Waals surface area contributed by atoms with Gasteiger partial charge in [0, 0.05) is 11.9 Å². The summed E-state index contributed by atoms with van der Waals surface area (Å²) in [7, 11) is 0. The van der Waals surface area contributed by atoms with Crippen LogP contribution in [0, 0.1) is 18.8 Å². The first-order valence-electron chi connectivity index (χ1n) is 7.15. The molecular formula is C15H25N3. The molecule has 1 aromatic heterocycles. The lowest BCUT2D eigenvalue weighted by atomic mass is 9.73. The van der Waals surface area contributed by atoms with Crippen molar-refractivity contribution in [1.82, 2.24) is 10.4 Å². The van der Waals surface area contributed by atoms with E-state index in [0.717, 1.165) is 11.6 Å². The highest BCUT2D eigenvalue weighted by Gasteiger charge is 2.31. The molecule has 0 bridgehead atoms. The first-order chi connectivity index (χ1) is 8.76.